The molecule has 0 amide bonds. The zero-order chi connectivity index (χ0) is 41.4. The summed E-state index contributed by atoms with van der Waals surface area (Å²) >= 11 is 0. The Morgan fingerprint density at radius 1 is 0.333 bits per heavy atom. The van der Waals surface area contributed by atoms with Crippen LogP contribution in [-0.4, -0.2) is 14.5 Å². The number of furan rings is 2. The maximum atomic E-state index is 7.12. The SMILES string of the molecule is c1ccc(-c2cc(-c3cc(-c4ccccc4)c(-n4c5ccccc5c5c6oc7c(ccc8oc9ccccc9c87)c6ccc54)c(-c4ccccc4)c3)nc(-c3ccccc3)n2)cc1. The van der Waals surface area contributed by atoms with Gasteiger partial charge in [0.05, 0.1) is 38.9 Å². The van der Waals surface area contributed by atoms with Crippen LogP contribution in [0.15, 0.2) is 221 Å². The molecule has 4 heterocycles. The molecule has 0 radical (unpaired) electrons. The monoisotopic (exact) mass is 805 g/mol. The molecule has 13 aromatic rings. The van der Waals surface area contributed by atoms with Gasteiger partial charge in [-0.05, 0) is 65.7 Å². The van der Waals surface area contributed by atoms with Crippen LogP contribution in [0.2, 0.25) is 0 Å². The fourth-order valence-corrected chi connectivity index (χ4v) is 9.56. The lowest BCUT2D eigenvalue weighted by Crippen LogP contribution is -2.02. The topological polar surface area (TPSA) is 57.0 Å². The molecule has 0 fully saturated rings. The van der Waals surface area contributed by atoms with E-state index in [1.807, 2.05) is 36.4 Å². The number of nitrogens with zero attached hydrogens (tertiary/aromatic N) is 3. The van der Waals surface area contributed by atoms with Crippen LogP contribution in [0.1, 0.15) is 0 Å². The molecule has 0 N–H and O–H groups in total. The van der Waals surface area contributed by atoms with Crippen molar-refractivity contribution in [3.8, 4) is 61.8 Å². The average Bonchev–Trinajstić information content (AvgIpc) is 4.04. The lowest BCUT2D eigenvalue weighted by atomic mass is 9.91. The maximum Gasteiger partial charge on any atom is 0.160 e. The van der Waals surface area contributed by atoms with Gasteiger partial charge < -0.3 is 13.4 Å². The summed E-state index contributed by atoms with van der Waals surface area (Å²) in [4.78, 5) is 10.4. The Morgan fingerprint density at radius 3 is 1.52 bits per heavy atom. The first-order valence-corrected chi connectivity index (χ1v) is 21.2. The van der Waals surface area contributed by atoms with Gasteiger partial charge in [-0.1, -0.05) is 158 Å². The zero-order valence-electron chi connectivity index (χ0n) is 33.9. The Balaban J connectivity index is 1.14. The Labute approximate surface area is 361 Å². The molecule has 0 aliphatic rings. The molecule has 0 saturated heterocycles. The van der Waals surface area contributed by atoms with Crippen molar-refractivity contribution in [2.75, 3.05) is 0 Å². The van der Waals surface area contributed by atoms with Crippen molar-refractivity contribution in [1.29, 1.82) is 0 Å². The zero-order valence-corrected chi connectivity index (χ0v) is 33.9. The number of rotatable bonds is 6. The summed E-state index contributed by atoms with van der Waals surface area (Å²) in [5, 5.41) is 6.37. The summed E-state index contributed by atoms with van der Waals surface area (Å²) in [6, 6.07) is 74.4. The molecule has 5 nitrogen and oxygen atoms in total. The predicted octanol–water partition coefficient (Wildman–Crippen LogP) is 15.7. The minimum absolute atomic E-state index is 0.677. The third-order valence-corrected chi connectivity index (χ3v) is 12.4. The molecule has 0 spiro atoms. The van der Waals surface area contributed by atoms with Gasteiger partial charge in [0.1, 0.15) is 22.3 Å². The molecule has 0 aliphatic heterocycles. The van der Waals surface area contributed by atoms with Crippen LogP contribution in [0.3, 0.4) is 0 Å². The number of hydrogen-bond acceptors (Lipinski definition) is 4. The van der Waals surface area contributed by atoms with E-state index >= 15 is 0 Å². The number of hydrogen-bond donors (Lipinski definition) is 0. The van der Waals surface area contributed by atoms with Gasteiger partial charge in [0.25, 0.3) is 0 Å². The van der Waals surface area contributed by atoms with E-state index in [9.17, 15) is 0 Å². The second kappa shape index (κ2) is 14.0. The smallest absolute Gasteiger partial charge is 0.160 e. The second-order valence-corrected chi connectivity index (χ2v) is 16.1. The van der Waals surface area contributed by atoms with Crippen molar-refractivity contribution in [2.24, 2.45) is 0 Å². The minimum Gasteiger partial charge on any atom is -0.456 e. The van der Waals surface area contributed by atoms with E-state index < -0.39 is 0 Å². The summed E-state index contributed by atoms with van der Waals surface area (Å²) in [5.74, 6) is 0.677. The lowest BCUT2D eigenvalue weighted by Gasteiger charge is -2.21. The van der Waals surface area contributed by atoms with Gasteiger partial charge in [-0.3, -0.25) is 0 Å². The largest absolute Gasteiger partial charge is 0.456 e. The average molecular weight is 806 g/mol. The Kier molecular flexibility index (Phi) is 7.84. The van der Waals surface area contributed by atoms with Crippen molar-refractivity contribution >= 4 is 65.7 Å². The number of para-hydroxylation sites is 2. The van der Waals surface area contributed by atoms with Gasteiger partial charge >= 0.3 is 0 Å². The van der Waals surface area contributed by atoms with Gasteiger partial charge in [-0.25, -0.2) is 9.97 Å². The summed E-state index contributed by atoms with van der Waals surface area (Å²) in [6.07, 6.45) is 0. The third-order valence-electron chi connectivity index (χ3n) is 12.4. The second-order valence-electron chi connectivity index (χ2n) is 16.1. The quantitative estimate of drug-likeness (QED) is 0.168. The standard InChI is InChI=1S/C58H35N3O2/c1-5-17-36(18-6-1)45-33-40(48-35-47(38-21-9-3-10-22-38)59-58(60-48)39-23-11-4-12-24-39)34-46(37-19-7-2-8-20-37)55(45)61-49-27-15-13-25-43(49)53-50(61)31-29-41-42-30-32-52-54(57(42)63-56(41)53)44-26-14-16-28-51(44)62-52/h1-35H. The van der Waals surface area contributed by atoms with Gasteiger partial charge in [0.15, 0.2) is 5.82 Å². The maximum absolute atomic E-state index is 7.12. The van der Waals surface area contributed by atoms with E-state index in [0.29, 0.717) is 5.82 Å². The first kappa shape index (κ1) is 35.2. The van der Waals surface area contributed by atoms with E-state index in [1.165, 1.54) is 0 Å². The van der Waals surface area contributed by atoms with E-state index in [1.54, 1.807) is 0 Å². The van der Waals surface area contributed by atoms with Crippen LogP contribution in [0.5, 0.6) is 0 Å². The van der Waals surface area contributed by atoms with E-state index in [4.69, 9.17) is 18.8 Å². The van der Waals surface area contributed by atoms with Gasteiger partial charge in [0.2, 0.25) is 0 Å². The summed E-state index contributed by atoms with van der Waals surface area (Å²) in [6.45, 7) is 0. The fraction of sp³-hybridized carbons (Fsp3) is 0. The fourth-order valence-electron chi connectivity index (χ4n) is 9.56. The van der Waals surface area contributed by atoms with Crippen LogP contribution in [0.4, 0.5) is 0 Å². The highest BCUT2D eigenvalue weighted by Gasteiger charge is 2.25. The first-order valence-electron chi connectivity index (χ1n) is 21.2. The first-order chi connectivity index (χ1) is 31.2. The van der Waals surface area contributed by atoms with Crippen molar-refractivity contribution < 1.29 is 8.83 Å². The molecule has 0 unspecified atom stereocenters. The number of aromatic nitrogens is 3. The van der Waals surface area contributed by atoms with Gasteiger partial charge in [-0.15, -0.1) is 0 Å². The Bertz CT molecular complexity index is 3770. The molecule has 5 heteroatoms. The van der Waals surface area contributed by atoms with Crippen LogP contribution < -0.4 is 0 Å². The molecule has 0 atom stereocenters. The van der Waals surface area contributed by atoms with Crippen LogP contribution in [0, 0.1) is 0 Å². The molecule has 13 rings (SSSR count). The van der Waals surface area contributed by atoms with E-state index in [0.717, 1.165) is 122 Å². The third kappa shape index (κ3) is 5.57. The lowest BCUT2D eigenvalue weighted by molar-refractivity contribution is 0.664. The summed E-state index contributed by atoms with van der Waals surface area (Å²) in [5.41, 5.74) is 15.6. The van der Waals surface area contributed by atoms with Gasteiger partial charge in [-0.2, -0.15) is 0 Å². The Morgan fingerprint density at radius 2 is 0.857 bits per heavy atom. The highest BCUT2D eigenvalue weighted by atomic mass is 16.3. The molecule has 0 saturated carbocycles. The van der Waals surface area contributed by atoms with Crippen molar-refractivity contribution in [3.63, 3.8) is 0 Å². The van der Waals surface area contributed by atoms with Gasteiger partial charge in [0, 0.05) is 49.4 Å². The van der Waals surface area contributed by atoms with Crippen LogP contribution in [-0.2, 0) is 0 Å². The normalized spacial score (nSPS) is 11.8. The summed E-state index contributed by atoms with van der Waals surface area (Å²) < 4.78 is 15.9. The molecule has 294 valence electrons. The summed E-state index contributed by atoms with van der Waals surface area (Å²) in [7, 11) is 0. The van der Waals surface area contributed by atoms with E-state index in [2.05, 4.69) is 180 Å². The molecule has 4 aromatic heterocycles. The van der Waals surface area contributed by atoms with Crippen LogP contribution >= 0.6 is 0 Å². The molecular weight excluding hydrogens is 771 g/mol. The molecular formula is C58H35N3O2. The molecule has 0 bridgehead atoms. The highest BCUT2D eigenvalue weighted by Crippen LogP contribution is 2.47. The van der Waals surface area contributed by atoms with Crippen molar-refractivity contribution in [1.82, 2.24) is 14.5 Å². The Hall–Kier alpha value is -8.54. The molecule has 0 aliphatic carbocycles. The number of fused-ring (bicyclic) bond motifs is 11. The van der Waals surface area contributed by atoms with Crippen molar-refractivity contribution in [3.05, 3.63) is 212 Å². The van der Waals surface area contributed by atoms with E-state index in [-0.39, 0.29) is 0 Å². The highest BCUT2D eigenvalue weighted by molar-refractivity contribution is 6.28. The molecule has 9 aromatic carbocycles. The van der Waals surface area contributed by atoms with Crippen LogP contribution in [0.25, 0.3) is 128 Å². The molecule has 63 heavy (non-hydrogen) atoms. The predicted molar refractivity (Wildman–Crippen MR) is 258 cm³/mol. The van der Waals surface area contributed by atoms with Crippen molar-refractivity contribution in [2.45, 2.75) is 0 Å². The number of benzene rings is 9. The minimum atomic E-state index is 0.677.